The minimum absolute atomic E-state index is 0.162. The van der Waals surface area contributed by atoms with Crippen molar-refractivity contribution in [3.05, 3.63) is 77.2 Å². The first-order valence-electron chi connectivity index (χ1n) is 9.27. The summed E-state index contributed by atoms with van der Waals surface area (Å²) in [6.45, 7) is 1.28. The number of amides is 2. The van der Waals surface area contributed by atoms with Crippen LogP contribution in [0.25, 0.3) is 10.9 Å². The van der Waals surface area contributed by atoms with E-state index >= 15 is 0 Å². The van der Waals surface area contributed by atoms with Gasteiger partial charge in [-0.3, -0.25) is 14.6 Å². The molecule has 1 aromatic carbocycles. The number of aryl methyl sites for hydroxylation is 1. The van der Waals surface area contributed by atoms with Crippen LogP contribution in [0.15, 0.2) is 65.4 Å². The summed E-state index contributed by atoms with van der Waals surface area (Å²) in [5, 5.41) is 6.66. The van der Waals surface area contributed by atoms with Crippen molar-refractivity contribution in [1.29, 1.82) is 0 Å². The number of thiophene rings is 1. The van der Waals surface area contributed by atoms with E-state index in [0.29, 0.717) is 21.1 Å². The fourth-order valence-electron chi connectivity index (χ4n) is 2.92. The average molecular weight is 435 g/mol. The second-order valence-corrected chi connectivity index (χ2v) is 7.61. The maximum Gasteiger partial charge on any atom is 0.349 e. The molecule has 0 spiro atoms. The van der Waals surface area contributed by atoms with Crippen molar-refractivity contribution in [2.45, 2.75) is 6.92 Å². The molecule has 0 bridgehead atoms. The van der Waals surface area contributed by atoms with Crippen molar-refractivity contribution in [2.24, 2.45) is 0 Å². The molecule has 8 nitrogen and oxygen atoms in total. The fraction of sp³-hybridized carbons (Fsp3) is 0.0909. The SMILES string of the molecule is Cc1cc(NC(=O)c2ccco2)sc1C(=O)OCC(=O)Nc1cccc2ncccc12. The Kier molecular flexibility index (Phi) is 5.76. The second kappa shape index (κ2) is 8.80. The second-order valence-electron chi connectivity index (χ2n) is 6.55. The van der Waals surface area contributed by atoms with Gasteiger partial charge in [0.1, 0.15) is 4.88 Å². The summed E-state index contributed by atoms with van der Waals surface area (Å²) in [6, 6.07) is 13.8. The Morgan fingerprint density at radius 1 is 1.10 bits per heavy atom. The van der Waals surface area contributed by atoms with E-state index in [1.807, 2.05) is 12.1 Å². The first-order chi connectivity index (χ1) is 15.0. The first-order valence-corrected chi connectivity index (χ1v) is 10.1. The van der Waals surface area contributed by atoms with E-state index in [1.54, 1.807) is 43.5 Å². The van der Waals surface area contributed by atoms with Crippen molar-refractivity contribution in [3.8, 4) is 0 Å². The molecule has 3 aromatic heterocycles. The average Bonchev–Trinajstić information content (AvgIpc) is 3.42. The number of carbonyl (C=O) groups is 3. The molecule has 0 fully saturated rings. The Bertz CT molecular complexity index is 1260. The van der Waals surface area contributed by atoms with Gasteiger partial charge in [0.25, 0.3) is 11.8 Å². The third kappa shape index (κ3) is 4.62. The molecule has 9 heteroatoms. The molecule has 0 aliphatic rings. The first kappa shape index (κ1) is 20.3. The number of nitrogens with one attached hydrogen (secondary N) is 2. The quantitative estimate of drug-likeness (QED) is 0.438. The van der Waals surface area contributed by atoms with Crippen LogP contribution < -0.4 is 10.6 Å². The number of esters is 1. The summed E-state index contributed by atoms with van der Waals surface area (Å²) in [6.07, 6.45) is 3.07. The molecule has 0 aliphatic carbocycles. The highest BCUT2D eigenvalue weighted by Crippen LogP contribution is 2.28. The number of fused-ring (bicyclic) bond motifs is 1. The molecule has 3 heterocycles. The zero-order valence-corrected chi connectivity index (χ0v) is 17.2. The van der Waals surface area contributed by atoms with Crippen molar-refractivity contribution < 1.29 is 23.5 Å². The van der Waals surface area contributed by atoms with Crippen molar-refractivity contribution in [1.82, 2.24) is 4.98 Å². The van der Waals surface area contributed by atoms with Gasteiger partial charge < -0.3 is 19.8 Å². The predicted octanol–water partition coefficient (Wildman–Crippen LogP) is 4.25. The number of carbonyl (C=O) groups excluding carboxylic acids is 3. The molecule has 31 heavy (non-hydrogen) atoms. The predicted molar refractivity (Wildman–Crippen MR) is 116 cm³/mol. The minimum atomic E-state index is -0.643. The smallest absolute Gasteiger partial charge is 0.349 e. The third-order valence-electron chi connectivity index (χ3n) is 4.34. The maximum absolute atomic E-state index is 12.4. The van der Waals surface area contributed by atoms with Crippen LogP contribution in [0.2, 0.25) is 0 Å². The number of hydrogen-bond donors (Lipinski definition) is 2. The Morgan fingerprint density at radius 3 is 2.77 bits per heavy atom. The highest BCUT2D eigenvalue weighted by atomic mass is 32.1. The van der Waals surface area contributed by atoms with Crippen LogP contribution >= 0.6 is 11.3 Å². The van der Waals surface area contributed by atoms with Crippen molar-refractivity contribution in [2.75, 3.05) is 17.2 Å². The number of furan rings is 1. The van der Waals surface area contributed by atoms with Crippen LogP contribution in [0.3, 0.4) is 0 Å². The topological polar surface area (TPSA) is 111 Å². The molecule has 4 rings (SSSR count). The highest BCUT2D eigenvalue weighted by molar-refractivity contribution is 7.18. The Morgan fingerprint density at radius 2 is 1.97 bits per heavy atom. The standard InChI is InChI=1S/C22H17N3O5S/c1-13-11-19(25-21(27)17-8-4-10-29-17)31-20(13)22(28)30-12-18(26)24-16-7-2-6-15-14(16)5-3-9-23-15/h2-11H,12H2,1H3,(H,24,26)(H,25,27). The number of benzene rings is 1. The van der Waals surface area contributed by atoms with Crippen LogP contribution in [-0.4, -0.2) is 29.4 Å². The molecule has 156 valence electrons. The molecule has 0 saturated heterocycles. The number of ether oxygens (including phenoxy) is 1. The van der Waals surface area contributed by atoms with Crippen LogP contribution in [0, 0.1) is 6.92 Å². The van der Waals surface area contributed by atoms with Gasteiger partial charge >= 0.3 is 5.97 Å². The number of rotatable bonds is 6. The minimum Gasteiger partial charge on any atom is -0.459 e. The zero-order valence-electron chi connectivity index (χ0n) is 16.4. The molecule has 2 N–H and O–H groups in total. The molecule has 0 aliphatic heterocycles. The van der Waals surface area contributed by atoms with E-state index in [2.05, 4.69) is 15.6 Å². The van der Waals surface area contributed by atoms with Gasteiger partial charge in [0.05, 0.1) is 22.5 Å². The maximum atomic E-state index is 12.4. The van der Waals surface area contributed by atoms with Crippen LogP contribution in [0.5, 0.6) is 0 Å². The van der Waals surface area contributed by atoms with E-state index in [4.69, 9.17) is 9.15 Å². The Labute approximate surface area is 180 Å². The van der Waals surface area contributed by atoms with Crippen molar-refractivity contribution in [3.63, 3.8) is 0 Å². The number of hydrogen-bond acceptors (Lipinski definition) is 7. The molecule has 2 amide bonds. The number of nitrogens with zero attached hydrogens (tertiary/aromatic N) is 1. The molecule has 4 aromatic rings. The molecule has 0 radical (unpaired) electrons. The summed E-state index contributed by atoms with van der Waals surface area (Å²) in [4.78, 5) is 41.3. The number of anilines is 2. The lowest BCUT2D eigenvalue weighted by atomic mass is 10.2. The lowest BCUT2D eigenvalue weighted by molar-refractivity contribution is -0.119. The summed E-state index contributed by atoms with van der Waals surface area (Å²) < 4.78 is 10.2. The summed E-state index contributed by atoms with van der Waals surface area (Å²) in [5.74, 6) is -1.37. The van der Waals surface area contributed by atoms with Gasteiger partial charge in [0.2, 0.25) is 0 Å². The van der Waals surface area contributed by atoms with Crippen molar-refractivity contribution >= 4 is 50.7 Å². The Balaban J connectivity index is 1.37. The lowest BCUT2D eigenvalue weighted by Crippen LogP contribution is -2.21. The number of pyridine rings is 1. The monoisotopic (exact) mass is 435 g/mol. The molecular formula is C22H17N3O5S. The summed E-state index contributed by atoms with van der Waals surface area (Å²) in [5.41, 5.74) is 1.96. The third-order valence-corrected chi connectivity index (χ3v) is 5.47. The number of aromatic nitrogens is 1. The zero-order chi connectivity index (χ0) is 21.8. The normalized spacial score (nSPS) is 10.6. The van der Waals surface area contributed by atoms with E-state index in [1.165, 1.54) is 12.3 Å². The largest absolute Gasteiger partial charge is 0.459 e. The van der Waals surface area contributed by atoms with Gasteiger partial charge in [-0.2, -0.15) is 0 Å². The van der Waals surface area contributed by atoms with Crippen LogP contribution in [0.1, 0.15) is 25.8 Å². The summed E-state index contributed by atoms with van der Waals surface area (Å²) in [7, 11) is 0. The van der Waals surface area contributed by atoms with Crippen LogP contribution in [0.4, 0.5) is 10.7 Å². The van der Waals surface area contributed by atoms with Gasteiger partial charge in [-0.25, -0.2) is 4.79 Å². The van der Waals surface area contributed by atoms with Gasteiger partial charge in [0.15, 0.2) is 12.4 Å². The van der Waals surface area contributed by atoms with E-state index < -0.39 is 24.4 Å². The highest BCUT2D eigenvalue weighted by Gasteiger charge is 2.19. The van der Waals surface area contributed by atoms with Crippen LogP contribution in [-0.2, 0) is 9.53 Å². The molecular weight excluding hydrogens is 418 g/mol. The van der Waals surface area contributed by atoms with E-state index in [9.17, 15) is 14.4 Å². The van der Waals surface area contributed by atoms with E-state index in [-0.39, 0.29) is 5.76 Å². The van der Waals surface area contributed by atoms with E-state index in [0.717, 1.165) is 22.2 Å². The van der Waals surface area contributed by atoms with Gasteiger partial charge in [-0.15, -0.1) is 11.3 Å². The summed E-state index contributed by atoms with van der Waals surface area (Å²) >= 11 is 1.06. The Hall–Kier alpha value is -3.98. The van der Waals surface area contributed by atoms with Gasteiger partial charge in [-0.05, 0) is 55.0 Å². The van der Waals surface area contributed by atoms with Gasteiger partial charge in [-0.1, -0.05) is 6.07 Å². The van der Waals surface area contributed by atoms with Gasteiger partial charge in [0, 0.05) is 11.6 Å². The molecule has 0 saturated carbocycles. The lowest BCUT2D eigenvalue weighted by Gasteiger charge is -2.08. The fourth-order valence-corrected chi connectivity index (χ4v) is 3.88. The molecule has 0 atom stereocenters. The molecule has 0 unspecified atom stereocenters.